The molecule has 0 saturated carbocycles. The minimum atomic E-state index is -4.24. The van der Waals surface area contributed by atoms with E-state index in [9.17, 15) is 13.2 Å². The van der Waals surface area contributed by atoms with Gasteiger partial charge in [-0.2, -0.15) is 8.42 Å². The predicted molar refractivity (Wildman–Crippen MR) is 48.6 cm³/mol. The molecule has 1 aromatic rings. The molecule has 2 N–H and O–H groups in total. The fourth-order valence-electron chi connectivity index (χ4n) is 1.46. The number of hydrogen-bond donors (Lipinski definition) is 2. The molecular formula is C8H7NO4S. The van der Waals surface area contributed by atoms with Gasteiger partial charge in [0.1, 0.15) is 0 Å². The summed E-state index contributed by atoms with van der Waals surface area (Å²) in [4.78, 5) is 10.8. The van der Waals surface area contributed by atoms with Gasteiger partial charge in [-0.15, -0.1) is 0 Å². The highest BCUT2D eigenvalue weighted by atomic mass is 32.2. The first-order valence-corrected chi connectivity index (χ1v) is 5.32. The van der Waals surface area contributed by atoms with E-state index in [0.717, 1.165) is 0 Å². The SMILES string of the molecule is O=C1Cc2c(cccc2S(=O)(=O)O)N1. The Bertz CT molecular complexity index is 506. The summed E-state index contributed by atoms with van der Waals surface area (Å²) in [5, 5.41) is 2.50. The Balaban J connectivity index is 2.67. The van der Waals surface area contributed by atoms with Gasteiger partial charge in [-0.1, -0.05) is 6.07 Å². The van der Waals surface area contributed by atoms with Crippen LogP contribution >= 0.6 is 0 Å². The van der Waals surface area contributed by atoms with Crippen molar-refractivity contribution in [3.63, 3.8) is 0 Å². The largest absolute Gasteiger partial charge is 0.325 e. The van der Waals surface area contributed by atoms with Gasteiger partial charge in [0.2, 0.25) is 5.91 Å². The minimum absolute atomic E-state index is 0.00863. The fraction of sp³-hybridized carbons (Fsp3) is 0.125. The van der Waals surface area contributed by atoms with Crippen molar-refractivity contribution in [2.24, 2.45) is 0 Å². The van der Waals surface area contributed by atoms with Crippen molar-refractivity contribution in [1.29, 1.82) is 0 Å². The van der Waals surface area contributed by atoms with Gasteiger partial charge in [-0.25, -0.2) is 0 Å². The number of carbonyl (C=O) groups is 1. The maximum Gasteiger partial charge on any atom is 0.294 e. The van der Waals surface area contributed by atoms with Crippen LogP contribution in [-0.2, 0) is 21.3 Å². The van der Waals surface area contributed by atoms with Crippen LogP contribution in [0.2, 0.25) is 0 Å². The van der Waals surface area contributed by atoms with E-state index in [1.165, 1.54) is 12.1 Å². The third kappa shape index (κ3) is 1.38. The average Bonchev–Trinajstić information content (AvgIpc) is 2.41. The standard InChI is InChI=1S/C8H7NO4S/c10-8-4-5-6(9-8)2-1-3-7(5)14(11,12)13/h1-3H,4H2,(H,9,10)(H,11,12,13). The number of benzene rings is 1. The van der Waals surface area contributed by atoms with Gasteiger partial charge in [0, 0.05) is 11.3 Å². The smallest absolute Gasteiger partial charge is 0.294 e. The lowest BCUT2D eigenvalue weighted by Crippen LogP contribution is -2.04. The molecule has 0 unspecified atom stereocenters. The molecule has 14 heavy (non-hydrogen) atoms. The normalized spacial score (nSPS) is 15.1. The molecular weight excluding hydrogens is 206 g/mol. The molecule has 0 atom stereocenters. The van der Waals surface area contributed by atoms with Gasteiger partial charge in [0.15, 0.2) is 0 Å². The lowest BCUT2D eigenvalue weighted by Gasteiger charge is -2.02. The van der Waals surface area contributed by atoms with Gasteiger partial charge in [-0.3, -0.25) is 9.35 Å². The Morgan fingerprint density at radius 2 is 2.07 bits per heavy atom. The highest BCUT2D eigenvalue weighted by molar-refractivity contribution is 7.85. The maximum absolute atomic E-state index is 11.0. The van der Waals surface area contributed by atoms with Crippen molar-refractivity contribution in [2.45, 2.75) is 11.3 Å². The molecule has 0 spiro atoms. The van der Waals surface area contributed by atoms with Crippen molar-refractivity contribution < 1.29 is 17.8 Å². The van der Waals surface area contributed by atoms with E-state index in [1.807, 2.05) is 0 Å². The van der Waals surface area contributed by atoms with E-state index < -0.39 is 10.1 Å². The number of fused-ring (bicyclic) bond motifs is 1. The van der Waals surface area contributed by atoms with Crippen LogP contribution in [0.3, 0.4) is 0 Å². The van der Waals surface area contributed by atoms with Crippen LogP contribution < -0.4 is 5.32 Å². The summed E-state index contributed by atoms with van der Waals surface area (Å²) in [5.74, 6) is -0.267. The molecule has 5 nitrogen and oxygen atoms in total. The predicted octanol–water partition coefficient (Wildman–Crippen LogP) is 0.428. The molecule has 1 aliphatic rings. The zero-order valence-electron chi connectivity index (χ0n) is 7.02. The molecule has 6 heteroatoms. The lowest BCUT2D eigenvalue weighted by molar-refractivity contribution is -0.115. The van der Waals surface area contributed by atoms with Gasteiger partial charge in [0.05, 0.1) is 11.3 Å². The lowest BCUT2D eigenvalue weighted by atomic mass is 10.2. The molecule has 0 bridgehead atoms. The fourth-order valence-corrected chi connectivity index (χ4v) is 2.21. The first-order chi connectivity index (χ1) is 6.48. The van der Waals surface area contributed by atoms with Crippen LogP contribution in [0.5, 0.6) is 0 Å². The summed E-state index contributed by atoms with van der Waals surface area (Å²) in [6, 6.07) is 4.33. The zero-order chi connectivity index (χ0) is 10.3. The van der Waals surface area contributed by atoms with Gasteiger partial charge in [-0.05, 0) is 12.1 Å². The number of anilines is 1. The number of hydrogen-bond acceptors (Lipinski definition) is 3. The van der Waals surface area contributed by atoms with E-state index in [4.69, 9.17) is 4.55 Å². The Kier molecular flexibility index (Phi) is 1.83. The van der Waals surface area contributed by atoms with Gasteiger partial charge in [0.25, 0.3) is 10.1 Å². The second-order valence-electron chi connectivity index (χ2n) is 2.98. The van der Waals surface area contributed by atoms with E-state index in [0.29, 0.717) is 11.3 Å². The van der Waals surface area contributed by atoms with E-state index in [2.05, 4.69) is 5.32 Å². The zero-order valence-corrected chi connectivity index (χ0v) is 7.84. The molecule has 0 fully saturated rings. The minimum Gasteiger partial charge on any atom is -0.325 e. The van der Waals surface area contributed by atoms with Crippen molar-refractivity contribution in [1.82, 2.24) is 0 Å². The summed E-state index contributed by atoms with van der Waals surface area (Å²) in [7, 11) is -4.24. The van der Waals surface area contributed by atoms with E-state index in [1.54, 1.807) is 6.07 Å². The number of rotatable bonds is 1. The Labute approximate surface area is 80.5 Å². The summed E-state index contributed by atoms with van der Waals surface area (Å²) < 4.78 is 30.7. The molecule has 1 aliphatic heterocycles. The van der Waals surface area contributed by atoms with Crippen molar-refractivity contribution in [2.75, 3.05) is 5.32 Å². The molecule has 1 amide bonds. The molecule has 0 radical (unpaired) electrons. The van der Waals surface area contributed by atoms with Gasteiger partial charge < -0.3 is 5.32 Å². The summed E-state index contributed by atoms with van der Waals surface area (Å²) in [6.07, 6.45) is -0.00863. The van der Waals surface area contributed by atoms with Crippen LogP contribution in [-0.4, -0.2) is 18.9 Å². The van der Waals surface area contributed by atoms with Gasteiger partial charge >= 0.3 is 0 Å². The Morgan fingerprint density at radius 3 is 2.71 bits per heavy atom. The summed E-state index contributed by atoms with van der Waals surface area (Å²) in [6.45, 7) is 0. The van der Waals surface area contributed by atoms with E-state index >= 15 is 0 Å². The molecule has 0 saturated heterocycles. The van der Waals surface area contributed by atoms with Crippen LogP contribution in [0.1, 0.15) is 5.56 Å². The van der Waals surface area contributed by atoms with Crippen molar-refractivity contribution >= 4 is 21.7 Å². The molecule has 0 aromatic heterocycles. The Hall–Kier alpha value is -1.40. The topological polar surface area (TPSA) is 83.5 Å². The number of amides is 1. The first-order valence-electron chi connectivity index (χ1n) is 3.88. The summed E-state index contributed by atoms with van der Waals surface area (Å²) >= 11 is 0. The molecule has 0 aliphatic carbocycles. The number of nitrogens with one attached hydrogen (secondary N) is 1. The van der Waals surface area contributed by atoms with Crippen LogP contribution in [0, 0.1) is 0 Å². The maximum atomic E-state index is 11.0. The van der Waals surface area contributed by atoms with Crippen LogP contribution in [0.15, 0.2) is 23.1 Å². The first kappa shape index (κ1) is 9.17. The average molecular weight is 213 g/mol. The second kappa shape index (κ2) is 2.79. The highest BCUT2D eigenvalue weighted by Crippen LogP contribution is 2.28. The monoisotopic (exact) mass is 213 g/mol. The van der Waals surface area contributed by atoms with Crippen LogP contribution in [0.25, 0.3) is 0 Å². The molecule has 1 heterocycles. The third-order valence-electron chi connectivity index (χ3n) is 2.02. The molecule has 2 rings (SSSR count). The van der Waals surface area contributed by atoms with Crippen LogP contribution in [0.4, 0.5) is 5.69 Å². The number of carbonyl (C=O) groups excluding carboxylic acids is 1. The molecule has 74 valence electrons. The van der Waals surface area contributed by atoms with Crippen molar-refractivity contribution in [3.05, 3.63) is 23.8 Å². The third-order valence-corrected chi connectivity index (χ3v) is 2.96. The molecule has 1 aromatic carbocycles. The second-order valence-corrected chi connectivity index (χ2v) is 4.37. The highest BCUT2D eigenvalue weighted by Gasteiger charge is 2.25. The quantitative estimate of drug-likeness (QED) is 0.662. The summed E-state index contributed by atoms with van der Waals surface area (Å²) in [5.41, 5.74) is 0.783. The Morgan fingerprint density at radius 1 is 1.36 bits per heavy atom. The van der Waals surface area contributed by atoms with Crippen molar-refractivity contribution in [3.8, 4) is 0 Å². The van der Waals surface area contributed by atoms with E-state index in [-0.39, 0.29) is 17.2 Å².